The van der Waals surface area contributed by atoms with Gasteiger partial charge in [-0.25, -0.2) is 9.88 Å². The zero-order chi connectivity index (χ0) is 13.3. The molecule has 1 aromatic heterocycles. The highest BCUT2D eigenvalue weighted by Gasteiger charge is 2.50. The summed E-state index contributed by atoms with van der Waals surface area (Å²) in [5.74, 6) is 0.192. The Morgan fingerprint density at radius 2 is 2.00 bits per heavy atom. The van der Waals surface area contributed by atoms with Crippen LogP contribution in [0.25, 0.3) is 0 Å². The number of hydrogen-bond acceptors (Lipinski definition) is 3. The fraction of sp³-hybridized carbons (Fsp3) is 0.462. The van der Waals surface area contributed by atoms with E-state index in [-0.39, 0.29) is 11.8 Å². The molecule has 0 saturated carbocycles. The maximum Gasteiger partial charge on any atom is 0.241 e. The molecule has 18 heavy (non-hydrogen) atoms. The summed E-state index contributed by atoms with van der Waals surface area (Å²) in [6.45, 7) is 3.92. The first kappa shape index (κ1) is 13.5. The summed E-state index contributed by atoms with van der Waals surface area (Å²) in [6.07, 6.45) is 3.34. The molecule has 5 heteroatoms. The Kier molecular flexibility index (Phi) is 3.70. The maximum atomic E-state index is 12.4. The van der Waals surface area contributed by atoms with Crippen LogP contribution in [0.15, 0.2) is 18.3 Å². The quantitative estimate of drug-likeness (QED) is 0.617. The average Bonchev–Trinajstić information content (AvgIpc) is 2.63. The van der Waals surface area contributed by atoms with Gasteiger partial charge >= 0.3 is 0 Å². The van der Waals surface area contributed by atoms with Crippen LogP contribution < -0.4 is 4.90 Å². The van der Waals surface area contributed by atoms with Gasteiger partial charge in [0.05, 0.1) is 5.41 Å². The largest absolute Gasteiger partial charge is 0.274 e. The van der Waals surface area contributed by atoms with Crippen molar-refractivity contribution in [3.05, 3.63) is 21.9 Å². The van der Waals surface area contributed by atoms with Crippen LogP contribution in [-0.2, 0) is 9.59 Å². The molecule has 0 unspecified atom stereocenters. The molecule has 0 spiro atoms. The second kappa shape index (κ2) is 4.95. The van der Waals surface area contributed by atoms with E-state index in [0.717, 1.165) is 3.57 Å². The molecule has 4 nitrogen and oxygen atoms in total. The second-order valence-electron chi connectivity index (χ2n) is 4.53. The van der Waals surface area contributed by atoms with Crippen LogP contribution in [0.4, 0.5) is 5.82 Å². The zero-order valence-corrected chi connectivity index (χ0v) is 12.6. The predicted molar refractivity (Wildman–Crippen MR) is 77.1 cm³/mol. The lowest BCUT2D eigenvalue weighted by atomic mass is 9.81. The van der Waals surface area contributed by atoms with Gasteiger partial charge in [-0.2, -0.15) is 0 Å². The van der Waals surface area contributed by atoms with E-state index in [0.29, 0.717) is 25.1 Å². The molecule has 1 aliphatic heterocycles. The van der Waals surface area contributed by atoms with Gasteiger partial charge in [0.1, 0.15) is 5.82 Å². The summed E-state index contributed by atoms with van der Waals surface area (Å²) in [7, 11) is 0. The molecule has 1 saturated heterocycles. The van der Waals surface area contributed by atoms with Crippen LogP contribution >= 0.6 is 22.6 Å². The van der Waals surface area contributed by atoms with Crippen LogP contribution in [0.2, 0.25) is 0 Å². The number of rotatable bonds is 3. The summed E-state index contributed by atoms with van der Waals surface area (Å²) >= 11 is 2.14. The molecule has 0 atom stereocenters. The number of aromatic nitrogens is 1. The number of halogens is 1. The highest BCUT2D eigenvalue weighted by atomic mass is 127. The van der Waals surface area contributed by atoms with Gasteiger partial charge in [0.2, 0.25) is 11.8 Å². The molecule has 0 bridgehead atoms. The third-order valence-corrected chi connectivity index (χ3v) is 4.33. The fourth-order valence-electron chi connectivity index (χ4n) is 2.33. The molecule has 2 rings (SSSR count). The van der Waals surface area contributed by atoms with Crippen molar-refractivity contribution in [1.82, 2.24) is 4.98 Å². The van der Waals surface area contributed by atoms with Crippen molar-refractivity contribution in [2.75, 3.05) is 4.90 Å². The van der Waals surface area contributed by atoms with Crippen molar-refractivity contribution in [3.8, 4) is 0 Å². The highest BCUT2D eigenvalue weighted by Crippen LogP contribution is 2.40. The number of anilines is 1. The Hall–Kier alpha value is -0.980. The summed E-state index contributed by atoms with van der Waals surface area (Å²) in [5, 5.41) is 0. The molecule has 1 aliphatic rings. The molecule has 0 N–H and O–H groups in total. The summed E-state index contributed by atoms with van der Waals surface area (Å²) in [4.78, 5) is 29.9. The SMILES string of the molecule is CCC1(CC)CC(=O)N(c2ccc(I)cn2)C1=O. The fourth-order valence-corrected chi connectivity index (χ4v) is 2.65. The van der Waals surface area contributed by atoms with Crippen molar-refractivity contribution < 1.29 is 9.59 Å². The van der Waals surface area contributed by atoms with E-state index in [1.54, 1.807) is 12.3 Å². The second-order valence-corrected chi connectivity index (χ2v) is 5.78. The Morgan fingerprint density at radius 3 is 2.44 bits per heavy atom. The minimum atomic E-state index is -0.526. The third kappa shape index (κ3) is 2.04. The van der Waals surface area contributed by atoms with E-state index >= 15 is 0 Å². The number of nitrogens with zero attached hydrogens (tertiary/aromatic N) is 2. The first-order chi connectivity index (χ1) is 8.54. The third-order valence-electron chi connectivity index (χ3n) is 3.69. The molecular weight excluding hydrogens is 343 g/mol. The van der Waals surface area contributed by atoms with E-state index in [9.17, 15) is 9.59 Å². The minimum Gasteiger partial charge on any atom is -0.274 e. The van der Waals surface area contributed by atoms with Gasteiger partial charge in [-0.05, 0) is 47.6 Å². The molecule has 0 radical (unpaired) electrons. The normalized spacial score (nSPS) is 18.5. The molecule has 0 aromatic carbocycles. The summed E-state index contributed by atoms with van der Waals surface area (Å²) in [6, 6.07) is 3.57. The van der Waals surface area contributed by atoms with E-state index in [1.807, 2.05) is 19.9 Å². The molecule has 1 fully saturated rings. The van der Waals surface area contributed by atoms with E-state index in [2.05, 4.69) is 27.6 Å². The van der Waals surface area contributed by atoms with Crippen molar-refractivity contribution in [2.24, 2.45) is 5.41 Å². The van der Waals surface area contributed by atoms with Gasteiger partial charge in [-0.1, -0.05) is 13.8 Å². The Bertz CT molecular complexity index is 480. The molecular formula is C13H15IN2O2. The van der Waals surface area contributed by atoms with Crippen molar-refractivity contribution >= 4 is 40.2 Å². The van der Waals surface area contributed by atoms with Crippen molar-refractivity contribution in [1.29, 1.82) is 0 Å². The smallest absolute Gasteiger partial charge is 0.241 e. The predicted octanol–water partition coefficient (Wildman–Crippen LogP) is 2.76. The number of amides is 2. The zero-order valence-electron chi connectivity index (χ0n) is 10.4. The highest BCUT2D eigenvalue weighted by molar-refractivity contribution is 14.1. The Labute approximate surface area is 120 Å². The van der Waals surface area contributed by atoms with Gasteiger partial charge in [-0.3, -0.25) is 9.59 Å². The Morgan fingerprint density at radius 1 is 1.33 bits per heavy atom. The lowest BCUT2D eigenvalue weighted by molar-refractivity contribution is -0.126. The lowest BCUT2D eigenvalue weighted by Crippen LogP contribution is -2.35. The number of carbonyl (C=O) groups is 2. The van der Waals surface area contributed by atoms with E-state index < -0.39 is 5.41 Å². The van der Waals surface area contributed by atoms with Gasteiger partial charge in [0, 0.05) is 16.2 Å². The summed E-state index contributed by atoms with van der Waals surface area (Å²) < 4.78 is 0.979. The van der Waals surface area contributed by atoms with Crippen LogP contribution in [0.5, 0.6) is 0 Å². The van der Waals surface area contributed by atoms with Gasteiger partial charge in [0.15, 0.2) is 0 Å². The Balaban J connectivity index is 2.38. The first-order valence-electron chi connectivity index (χ1n) is 6.03. The summed E-state index contributed by atoms with van der Waals surface area (Å²) in [5.41, 5.74) is -0.526. The molecule has 96 valence electrons. The van der Waals surface area contributed by atoms with Crippen LogP contribution in [0, 0.1) is 8.99 Å². The molecule has 1 aromatic rings. The van der Waals surface area contributed by atoms with Crippen LogP contribution in [0.3, 0.4) is 0 Å². The van der Waals surface area contributed by atoms with Gasteiger partial charge in [-0.15, -0.1) is 0 Å². The molecule has 2 amide bonds. The average molecular weight is 358 g/mol. The van der Waals surface area contributed by atoms with Gasteiger partial charge < -0.3 is 0 Å². The number of carbonyl (C=O) groups excluding carboxylic acids is 2. The van der Waals surface area contributed by atoms with Crippen molar-refractivity contribution in [2.45, 2.75) is 33.1 Å². The maximum absolute atomic E-state index is 12.4. The number of hydrogen-bond donors (Lipinski definition) is 0. The van der Waals surface area contributed by atoms with E-state index in [4.69, 9.17) is 0 Å². The van der Waals surface area contributed by atoms with Crippen molar-refractivity contribution in [3.63, 3.8) is 0 Å². The molecule has 0 aliphatic carbocycles. The topological polar surface area (TPSA) is 50.3 Å². The number of pyridine rings is 1. The van der Waals surface area contributed by atoms with Gasteiger partial charge in [0.25, 0.3) is 0 Å². The van der Waals surface area contributed by atoms with Crippen LogP contribution in [0.1, 0.15) is 33.1 Å². The standard InChI is InChI=1S/C13H15IN2O2/c1-3-13(4-2)7-11(17)16(12(13)18)10-6-5-9(14)8-15-10/h5-6,8H,3-4,7H2,1-2H3. The lowest BCUT2D eigenvalue weighted by Gasteiger charge is -2.23. The monoisotopic (exact) mass is 358 g/mol. The first-order valence-corrected chi connectivity index (χ1v) is 7.11. The minimum absolute atomic E-state index is 0.105. The van der Waals surface area contributed by atoms with E-state index in [1.165, 1.54) is 4.90 Å². The molecule has 2 heterocycles. The number of imide groups is 1. The van der Waals surface area contributed by atoms with Crippen LogP contribution in [-0.4, -0.2) is 16.8 Å².